The molecule has 1 atom stereocenters. The molecule has 4 rings (SSSR count). The molecule has 0 fully saturated rings. The van der Waals surface area contributed by atoms with Gasteiger partial charge in [-0.05, 0) is 36.8 Å². The van der Waals surface area contributed by atoms with Gasteiger partial charge in [0.25, 0.3) is 5.78 Å². The van der Waals surface area contributed by atoms with E-state index < -0.39 is 0 Å². The first-order chi connectivity index (χ1) is 9.31. The van der Waals surface area contributed by atoms with E-state index in [2.05, 4.69) is 28.1 Å². The molecule has 0 saturated carbocycles. The molecule has 94 valence electrons. The van der Waals surface area contributed by atoms with Gasteiger partial charge in [-0.25, -0.2) is 4.98 Å². The number of rotatable bonds is 1. The second-order valence-corrected chi connectivity index (χ2v) is 4.76. The van der Waals surface area contributed by atoms with Crippen molar-refractivity contribution in [2.75, 3.05) is 0 Å². The summed E-state index contributed by atoms with van der Waals surface area (Å²) in [4.78, 5) is 8.28. The minimum Gasteiger partial charge on any atom is -0.490 e. The van der Waals surface area contributed by atoms with E-state index >= 15 is 0 Å². The standard InChI is InChI=1S/C14H12N4O/c1-9-6-11-7-10(2-3-13(11)19-9)12-4-5-15-14-16-8-17-18(12)14/h2-5,7-9H,6H2,1H3. The van der Waals surface area contributed by atoms with E-state index in [-0.39, 0.29) is 6.10 Å². The summed E-state index contributed by atoms with van der Waals surface area (Å²) in [6, 6.07) is 8.18. The van der Waals surface area contributed by atoms with Crippen LogP contribution in [-0.4, -0.2) is 25.7 Å². The van der Waals surface area contributed by atoms with Crippen molar-refractivity contribution in [1.82, 2.24) is 19.6 Å². The quantitative estimate of drug-likeness (QED) is 0.665. The van der Waals surface area contributed by atoms with Crippen LogP contribution in [0, 0.1) is 0 Å². The van der Waals surface area contributed by atoms with Crippen molar-refractivity contribution in [2.24, 2.45) is 0 Å². The van der Waals surface area contributed by atoms with Crippen molar-refractivity contribution >= 4 is 5.78 Å². The molecular weight excluding hydrogens is 240 g/mol. The van der Waals surface area contributed by atoms with E-state index in [4.69, 9.17) is 4.74 Å². The number of nitrogens with zero attached hydrogens (tertiary/aromatic N) is 4. The van der Waals surface area contributed by atoms with Crippen molar-refractivity contribution in [1.29, 1.82) is 0 Å². The lowest BCUT2D eigenvalue weighted by Crippen LogP contribution is -2.05. The van der Waals surface area contributed by atoms with Crippen LogP contribution < -0.4 is 4.74 Å². The lowest BCUT2D eigenvalue weighted by Gasteiger charge is -2.06. The fourth-order valence-electron chi connectivity index (χ4n) is 2.54. The molecule has 0 spiro atoms. The third-order valence-corrected chi connectivity index (χ3v) is 3.37. The molecule has 1 unspecified atom stereocenters. The summed E-state index contributed by atoms with van der Waals surface area (Å²) in [5, 5.41) is 4.22. The van der Waals surface area contributed by atoms with Gasteiger partial charge in [-0.2, -0.15) is 14.6 Å². The summed E-state index contributed by atoms with van der Waals surface area (Å²) in [5.41, 5.74) is 3.34. The number of ether oxygens (including phenoxy) is 1. The van der Waals surface area contributed by atoms with E-state index in [9.17, 15) is 0 Å². The predicted molar refractivity (Wildman–Crippen MR) is 70.0 cm³/mol. The van der Waals surface area contributed by atoms with Crippen LogP contribution in [0.1, 0.15) is 12.5 Å². The van der Waals surface area contributed by atoms with Crippen molar-refractivity contribution in [2.45, 2.75) is 19.4 Å². The summed E-state index contributed by atoms with van der Waals surface area (Å²) in [6.45, 7) is 2.09. The minimum absolute atomic E-state index is 0.258. The Kier molecular flexibility index (Phi) is 2.09. The summed E-state index contributed by atoms with van der Waals surface area (Å²) in [7, 11) is 0. The maximum absolute atomic E-state index is 5.72. The van der Waals surface area contributed by atoms with E-state index in [1.54, 1.807) is 10.7 Å². The zero-order chi connectivity index (χ0) is 12.8. The van der Waals surface area contributed by atoms with Crippen LogP contribution in [0.15, 0.2) is 36.8 Å². The second-order valence-electron chi connectivity index (χ2n) is 4.76. The number of fused-ring (bicyclic) bond motifs is 2. The molecule has 1 aliphatic heterocycles. The Morgan fingerprint density at radius 2 is 2.21 bits per heavy atom. The Hall–Kier alpha value is -2.43. The average molecular weight is 252 g/mol. The molecule has 3 heterocycles. The van der Waals surface area contributed by atoms with Gasteiger partial charge in [-0.15, -0.1) is 0 Å². The van der Waals surface area contributed by atoms with Crippen LogP contribution in [0.5, 0.6) is 5.75 Å². The van der Waals surface area contributed by atoms with Gasteiger partial charge >= 0.3 is 0 Å². The van der Waals surface area contributed by atoms with Gasteiger partial charge in [0.1, 0.15) is 18.2 Å². The van der Waals surface area contributed by atoms with Gasteiger partial charge in [0.05, 0.1) is 5.69 Å². The van der Waals surface area contributed by atoms with Crippen molar-refractivity contribution in [3.63, 3.8) is 0 Å². The van der Waals surface area contributed by atoms with Crippen molar-refractivity contribution in [3.8, 4) is 17.0 Å². The van der Waals surface area contributed by atoms with Crippen LogP contribution in [0.25, 0.3) is 17.0 Å². The summed E-state index contributed by atoms with van der Waals surface area (Å²) >= 11 is 0. The highest BCUT2D eigenvalue weighted by Gasteiger charge is 2.19. The van der Waals surface area contributed by atoms with Crippen LogP contribution in [0.2, 0.25) is 0 Å². The average Bonchev–Trinajstić information content (AvgIpc) is 3.01. The second kappa shape index (κ2) is 3.78. The maximum atomic E-state index is 5.72. The Bertz CT molecular complexity index is 765. The Morgan fingerprint density at radius 3 is 3.16 bits per heavy atom. The molecule has 5 heteroatoms. The molecule has 2 aromatic heterocycles. The van der Waals surface area contributed by atoms with Crippen LogP contribution in [0.3, 0.4) is 0 Å². The fraction of sp³-hybridized carbons (Fsp3) is 0.214. The first kappa shape index (κ1) is 10.5. The molecule has 0 radical (unpaired) electrons. The molecule has 0 aliphatic carbocycles. The van der Waals surface area contributed by atoms with E-state index in [1.165, 1.54) is 11.9 Å². The smallest absolute Gasteiger partial charge is 0.252 e. The lowest BCUT2D eigenvalue weighted by atomic mass is 10.0. The van der Waals surface area contributed by atoms with Crippen molar-refractivity contribution in [3.05, 3.63) is 42.4 Å². The molecule has 19 heavy (non-hydrogen) atoms. The van der Waals surface area contributed by atoms with E-state index in [0.717, 1.165) is 23.4 Å². The summed E-state index contributed by atoms with van der Waals surface area (Å²) in [6.07, 6.45) is 4.49. The maximum Gasteiger partial charge on any atom is 0.252 e. The van der Waals surface area contributed by atoms with Gasteiger partial charge in [0, 0.05) is 18.2 Å². The summed E-state index contributed by atoms with van der Waals surface area (Å²) < 4.78 is 7.47. The molecule has 0 saturated heterocycles. The molecule has 0 bridgehead atoms. The van der Waals surface area contributed by atoms with Gasteiger partial charge in [0.15, 0.2) is 0 Å². The van der Waals surface area contributed by atoms with Crippen LogP contribution >= 0.6 is 0 Å². The first-order valence-electron chi connectivity index (χ1n) is 6.26. The van der Waals surface area contributed by atoms with Gasteiger partial charge in [-0.1, -0.05) is 0 Å². The Labute approximate surface area is 109 Å². The van der Waals surface area contributed by atoms with Gasteiger partial charge in [-0.3, -0.25) is 0 Å². The molecule has 5 nitrogen and oxygen atoms in total. The fourth-order valence-corrected chi connectivity index (χ4v) is 2.54. The number of aromatic nitrogens is 4. The van der Waals surface area contributed by atoms with Gasteiger partial charge in [0.2, 0.25) is 0 Å². The minimum atomic E-state index is 0.258. The largest absolute Gasteiger partial charge is 0.490 e. The molecule has 0 N–H and O–H groups in total. The number of benzene rings is 1. The first-order valence-corrected chi connectivity index (χ1v) is 6.26. The Morgan fingerprint density at radius 1 is 1.26 bits per heavy atom. The third-order valence-electron chi connectivity index (χ3n) is 3.37. The van der Waals surface area contributed by atoms with Crippen LogP contribution in [0.4, 0.5) is 0 Å². The van der Waals surface area contributed by atoms with E-state index in [0.29, 0.717) is 5.78 Å². The number of hydrogen-bond acceptors (Lipinski definition) is 4. The van der Waals surface area contributed by atoms with E-state index in [1.807, 2.05) is 18.2 Å². The van der Waals surface area contributed by atoms with Crippen LogP contribution in [-0.2, 0) is 6.42 Å². The molecule has 0 amide bonds. The SMILES string of the molecule is CC1Cc2cc(-c3ccnc4ncnn34)ccc2O1. The zero-order valence-corrected chi connectivity index (χ0v) is 10.4. The predicted octanol–water partition coefficient (Wildman–Crippen LogP) is 2.11. The van der Waals surface area contributed by atoms with Gasteiger partial charge < -0.3 is 4.74 Å². The molecule has 1 aliphatic rings. The molecular formula is C14H12N4O. The highest BCUT2D eigenvalue weighted by atomic mass is 16.5. The molecule has 1 aromatic carbocycles. The van der Waals surface area contributed by atoms with Crippen molar-refractivity contribution < 1.29 is 4.74 Å². The Balaban J connectivity index is 1.89. The molecule has 3 aromatic rings. The highest BCUT2D eigenvalue weighted by molar-refractivity contribution is 5.64. The highest BCUT2D eigenvalue weighted by Crippen LogP contribution is 2.32. The zero-order valence-electron chi connectivity index (χ0n) is 10.4. The normalized spacial score (nSPS) is 17.4. The lowest BCUT2D eigenvalue weighted by molar-refractivity contribution is 0.254. The monoisotopic (exact) mass is 252 g/mol. The number of hydrogen-bond donors (Lipinski definition) is 0. The topological polar surface area (TPSA) is 52.3 Å². The summed E-state index contributed by atoms with van der Waals surface area (Å²) in [5.74, 6) is 1.60. The third kappa shape index (κ3) is 1.58.